The van der Waals surface area contributed by atoms with Gasteiger partial charge in [0, 0.05) is 18.3 Å². The third kappa shape index (κ3) is 4.64. The molecule has 0 amide bonds. The average Bonchev–Trinajstić information content (AvgIpc) is 2.56. The van der Waals surface area contributed by atoms with Gasteiger partial charge in [0.05, 0.1) is 7.11 Å². The number of nitrogens with zero attached hydrogens (tertiary/aromatic N) is 1. The van der Waals surface area contributed by atoms with E-state index >= 15 is 0 Å². The Balaban J connectivity index is 1.98. The van der Waals surface area contributed by atoms with Crippen LogP contribution in [0.4, 0.5) is 10.5 Å². The molecule has 0 aromatic heterocycles. The number of para-hydroxylation sites is 1. The molecule has 0 fully saturated rings. The van der Waals surface area contributed by atoms with Crippen LogP contribution in [-0.2, 0) is 4.74 Å². The van der Waals surface area contributed by atoms with Crippen molar-refractivity contribution in [1.29, 1.82) is 0 Å². The second kappa shape index (κ2) is 8.08. The molecule has 2 aromatic carbocycles. The van der Waals surface area contributed by atoms with Gasteiger partial charge in [-0.15, -0.1) is 0 Å². The highest BCUT2D eigenvalue weighted by molar-refractivity contribution is 5.64. The Labute approximate surface area is 136 Å². The van der Waals surface area contributed by atoms with E-state index in [9.17, 15) is 4.79 Å². The van der Waals surface area contributed by atoms with Gasteiger partial charge in [-0.25, -0.2) is 4.79 Å². The molecule has 0 N–H and O–H groups in total. The Kier molecular flexibility index (Phi) is 5.86. The summed E-state index contributed by atoms with van der Waals surface area (Å²) in [5.74, 6) is 0.993. The molecule has 0 aliphatic heterocycles. The predicted molar refractivity (Wildman–Crippen MR) is 89.0 cm³/mol. The van der Waals surface area contributed by atoms with Gasteiger partial charge in [0.15, 0.2) is 6.23 Å². The van der Waals surface area contributed by atoms with Crippen molar-refractivity contribution in [2.45, 2.75) is 20.1 Å². The molecule has 1 atom stereocenters. The van der Waals surface area contributed by atoms with Gasteiger partial charge in [-0.05, 0) is 38.1 Å². The quantitative estimate of drug-likeness (QED) is 0.456. The smallest absolute Gasteiger partial charge is 0.497 e. The van der Waals surface area contributed by atoms with Crippen LogP contribution in [0.1, 0.15) is 13.8 Å². The number of ether oxygens (including phenoxy) is 3. The van der Waals surface area contributed by atoms with Crippen molar-refractivity contribution < 1.29 is 19.0 Å². The maximum atomic E-state index is 12.0. The number of hydrogen-bond acceptors (Lipinski definition) is 5. The van der Waals surface area contributed by atoms with Gasteiger partial charge in [-0.2, -0.15) is 0 Å². The SMILES string of the molecule is CCN(c1ccccc1)C(C)OC(=O)Oc1cccc(OC)c1. The molecule has 0 spiro atoms. The van der Waals surface area contributed by atoms with Gasteiger partial charge in [-0.1, -0.05) is 24.3 Å². The van der Waals surface area contributed by atoms with Crippen molar-refractivity contribution in [3.63, 3.8) is 0 Å². The highest BCUT2D eigenvalue weighted by atomic mass is 16.7. The molecule has 1 unspecified atom stereocenters. The zero-order valence-electron chi connectivity index (χ0n) is 13.6. The second-order valence-electron chi connectivity index (χ2n) is 4.87. The normalized spacial score (nSPS) is 11.4. The highest BCUT2D eigenvalue weighted by Gasteiger charge is 2.18. The van der Waals surface area contributed by atoms with E-state index < -0.39 is 12.4 Å². The van der Waals surface area contributed by atoms with Crippen LogP contribution >= 0.6 is 0 Å². The molecule has 23 heavy (non-hydrogen) atoms. The summed E-state index contributed by atoms with van der Waals surface area (Å²) in [4.78, 5) is 13.9. The number of rotatable bonds is 6. The Morgan fingerprint density at radius 3 is 2.43 bits per heavy atom. The third-order valence-electron chi connectivity index (χ3n) is 3.38. The molecule has 5 nitrogen and oxygen atoms in total. The lowest BCUT2D eigenvalue weighted by Gasteiger charge is -2.29. The number of benzene rings is 2. The van der Waals surface area contributed by atoms with Crippen LogP contribution in [0.2, 0.25) is 0 Å². The minimum absolute atomic E-state index is 0.379. The fourth-order valence-electron chi connectivity index (χ4n) is 2.26. The largest absolute Gasteiger partial charge is 0.515 e. The summed E-state index contributed by atoms with van der Waals surface area (Å²) in [7, 11) is 1.55. The zero-order valence-corrected chi connectivity index (χ0v) is 13.6. The first kappa shape index (κ1) is 16.7. The Hall–Kier alpha value is -2.69. The topological polar surface area (TPSA) is 48.0 Å². The van der Waals surface area contributed by atoms with E-state index in [1.807, 2.05) is 49.1 Å². The number of hydrogen-bond donors (Lipinski definition) is 0. The summed E-state index contributed by atoms with van der Waals surface area (Å²) >= 11 is 0. The summed E-state index contributed by atoms with van der Waals surface area (Å²) in [5, 5.41) is 0. The van der Waals surface area contributed by atoms with Gasteiger partial charge >= 0.3 is 6.16 Å². The zero-order chi connectivity index (χ0) is 16.7. The maximum Gasteiger partial charge on any atom is 0.515 e. The highest BCUT2D eigenvalue weighted by Crippen LogP contribution is 2.20. The van der Waals surface area contributed by atoms with Crippen molar-refractivity contribution in [2.24, 2.45) is 0 Å². The van der Waals surface area contributed by atoms with Crippen LogP contribution in [0, 0.1) is 0 Å². The lowest BCUT2D eigenvalue weighted by atomic mass is 10.3. The lowest BCUT2D eigenvalue weighted by molar-refractivity contribution is 0.0645. The first-order valence-electron chi connectivity index (χ1n) is 7.48. The molecular weight excluding hydrogens is 294 g/mol. The van der Waals surface area contributed by atoms with E-state index in [1.165, 1.54) is 0 Å². The van der Waals surface area contributed by atoms with Gasteiger partial charge in [0.2, 0.25) is 0 Å². The van der Waals surface area contributed by atoms with Gasteiger partial charge < -0.3 is 19.1 Å². The van der Waals surface area contributed by atoms with Crippen LogP contribution in [0.25, 0.3) is 0 Å². The van der Waals surface area contributed by atoms with E-state index in [4.69, 9.17) is 14.2 Å². The van der Waals surface area contributed by atoms with E-state index in [0.717, 1.165) is 5.69 Å². The number of methoxy groups -OCH3 is 1. The summed E-state index contributed by atoms with van der Waals surface area (Å²) in [6.45, 7) is 4.52. The van der Waals surface area contributed by atoms with Crippen molar-refractivity contribution in [1.82, 2.24) is 0 Å². The Bertz CT molecular complexity index is 630. The number of anilines is 1. The average molecular weight is 315 g/mol. The van der Waals surface area contributed by atoms with E-state index in [0.29, 0.717) is 18.0 Å². The van der Waals surface area contributed by atoms with Crippen LogP contribution in [0.15, 0.2) is 54.6 Å². The minimum Gasteiger partial charge on any atom is -0.497 e. The fraction of sp³-hybridized carbons (Fsp3) is 0.278. The molecule has 0 heterocycles. The Morgan fingerprint density at radius 2 is 1.78 bits per heavy atom. The van der Waals surface area contributed by atoms with Crippen molar-refractivity contribution in [3.8, 4) is 11.5 Å². The van der Waals surface area contributed by atoms with Crippen LogP contribution in [0.5, 0.6) is 11.5 Å². The van der Waals surface area contributed by atoms with E-state index in [1.54, 1.807) is 31.4 Å². The molecular formula is C18H21NO4. The molecule has 0 aliphatic carbocycles. The molecule has 0 aliphatic rings. The number of carbonyl (C=O) groups is 1. The Morgan fingerprint density at radius 1 is 1.09 bits per heavy atom. The predicted octanol–water partition coefficient (Wildman–Crippen LogP) is 4.08. The van der Waals surface area contributed by atoms with Crippen molar-refractivity contribution in [3.05, 3.63) is 54.6 Å². The van der Waals surface area contributed by atoms with Gasteiger partial charge in [0.25, 0.3) is 0 Å². The molecule has 122 valence electrons. The van der Waals surface area contributed by atoms with E-state index in [-0.39, 0.29) is 0 Å². The summed E-state index contributed by atoms with van der Waals surface area (Å²) in [5.41, 5.74) is 0.983. The summed E-state index contributed by atoms with van der Waals surface area (Å²) in [6, 6.07) is 16.6. The first-order chi connectivity index (χ1) is 11.1. The molecule has 0 saturated carbocycles. The second-order valence-corrected chi connectivity index (χ2v) is 4.87. The minimum atomic E-state index is -0.750. The maximum absolute atomic E-state index is 12.0. The number of carbonyl (C=O) groups excluding carboxylic acids is 1. The molecule has 0 bridgehead atoms. The fourth-order valence-corrected chi connectivity index (χ4v) is 2.26. The molecule has 2 rings (SSSR count). The molecule has 5 heteroatoms. The third-order valence-corrected chi connectivity index (χ3v) is 3.38. The summed E-state index contributed by atoms with van der Waals surface area (Å²) < 4.78 is 15.6. The lowest BCUT2D eigenvalue weighted by Crippen LogP contribution is -2.37. The monoisotopic (exact) mass is 315 g/mol. The van der Waals surface area contributed by atoms with E-state index in [2.05, 4.69) is 0 Å². The molecule has 2 aromatic rings. The molecule has 0 saturated heterocycles. The van der Waals surface area contributed by atoms with Crippen molar-refractivity contribution >= 4 is 11.8 Å². The summed E-state index contributed by atoms with van der Waals surface area (Å²) in [6.07, 6.45) is -1.19. The van der Waals surface area contributed by atoms with Crippen LogP contribution in [0.3, 0.4) is 0 Å². The van der Waals surface area contributed by atoms with Gasteiger partial charge in [-0.3, -0.25) is 0 Å². The van der Waals surface area contributed by atoms with Crippen LogP contribution in [-0.4, -0.2) is 26.0 Å². The standard InChI is InChI=1S/C18H21NO4/c1-4-19(15-9-6-5-7-10-15)14(2)22-18(20)23-17-12-8-11-16(13-17)21-3/h5-14H,4H2,1-3H3. The van der Waals surface area contributed by atoms with Crippen molar-refractivity contribution in [2.75, 3.05) is 18.6 Å². The molecule has 0 radical (unpaired) electrons. The van der Waals surface area contributed by atoms with Crippen LogP contribution < -0.4 is 14.4 Å². The van der Waals surface area contributed by atoms with Gasteiger partial charge in [0.1, 0.15) is 11.5 Å². The first-order valence-corrected chi connectivity index (χ1v) is 7.48.